The first-order chi connectivity index (χ1) is 4.63. The summed E-state index contributed by atoms with van der Waals surface area (Å²) in [6, 6.07) is 0. The molecule has 3 nitrogen and oxygen atoms in total. The maximum absolute atomic E-state index is 9.21. The number of rotatable bonds is 1. The van der Waals surface area contributed by atoms with E-state index in [1.165, 1.54) is 0 Å². The molecule has 1 aromatic rings. The van der Waals surface area contributed by atoms with E-state index >= 15 is 0 Å². The molecule has 0 aliphatic carbocycles. The number of hydrogen-bond donors (Lipinski definition) is 1. The van der Waals surface area contributed by atoms with Crippen LogP contribution in [0, 0.1) is 6.92 Å². The van der Waals surface area contributed by atoms with Crippen LogP contribution in [0.3, 0.4) is 0 Å². The van der Waals surface area contributed by atoms with Crippen molar-refractivity contribution < 1.29 is 5.11 Å². The summed E-state index contributed by atoms with van der Waals surface area (Å²) in [6.07, 6.45) is 1.28. The van der Waals surface area contributed by atoms with E-state index in [0.717, 1.165) is 11.4 Å². The normalized spacial score (nSPS) is 13.6. The Hall–Kier alpha value is -0.830. The summed E-state index contributed by atoms with van der Waals surface area (Å²) >= 11 is 0. The Kier molecular flexibility index (Phi) is 1.76. The van der Waals surface area contributed by atoms with Crippen molar-refractivity contribution in [1.82, 2.24) is 9.55 Å². The molecule has 0 saturated carbocycles. The van der Waals surface area contributed by atoms with Crippen molar-refractivity contribution in [2.75, 3.05) is 0 Å². The minimum Gasteiger partial charge on any atom is -0.387 e. The minimum atomic E-state index is -0.424. The van der Waals surface area contributed by atoms with Gasteiger partial charge in [0.25, 0.3) is 0 Å². The molecule has 0 aliphatic heterocycles. The largest absolute Gasteiger partial charge is 0.387 e. The second kappa shape index (κ2) is 2.42. The van der Waals surface area contributed by atoms with E-state index in [0.29, 0.717) is 0 Å². The van der Waals surface area contributed by atoms with Gasteiger partial charge in [0.2, 0.25) is 0 Å². The number of aliphatic hydroxyl groups excluding tert-OH is 1. The van der Waals surface area contributed by atoms with Crippen LogP contribution in [-0.2, 0) is 7.05 Å². The molecule has 1 heterocycles. The van der Waals surface area contributed by atoms with Crippen molar-refractivity contribution in [3.05, 3.63) is 17.7 Å². The average Bonchev–Trinajstić information content (AvgIpc) is 2.11. The molecule has 10 heavy (non-hydrogen) atoms. The molecule has 1 unspecified atom stereocenters. The topological polar surface area (TPSA) is 38.0 Å². The fraction of sp³-hybridized carbons (Fsp3) is 0.571. The fourth-order valence-electron chi connectivity index (χ4n) is 1.15. The molecular weight excluding hydrogens is 128 g/mol. The van der Waals surface area contributed by atoms with Gasteiger partial charge in [-0.3, -0.25) is 0 Å². The number of hydrogen-bond acceptors (Lipinski definition) is 2. The summed E-state index contributed by atoms with van der Waals surface area (Å²) in [5.74, 6) is 0. The Balaban J connectivity index is 3.10. The highest BCUT2D eigenvalue weighted by atomic mass is 16.3. The SMILES string of the molecule is Cc1ncn(C)c1C(C)O. The molecule has 1 N–H and O–H groups in total. The summed E-state index contributed by atoms with van der Waals surface area (Å²) in [5, 5.41) is 9.21. The van der Waals surface area contributed by atoms with Crippen molar-refractivity contribution in [3.8, 4) is 0 Å². The smallest absolute Gasteiger partial charge is 0.0949 e. The van der Waals surface area contributed by atoms with E-state index in [1.807, 2.05) is 18.5 Å². The first-order valence-corrected chi connectivity index (χ1v) is 3.29. The zero-order chi connectivity index (χ0) is 7.72. The van der Waals surface area contributed by atoms with E-state index in [9.17, 15) is 5.11 Å². The maximum Gasteiger partial charge on any atom is 0.0949 e. The standard InChI is InChI=1S/C7H12N2O/c1-5-7(6(2)10)9(3)4-8-5/h4,6,10H,1-3H3. The van der Waals surface area contributed by atoms with Crippen molar-refractivity contribution in [3.63, 3.8) is 0 Å². The molecule has 0 amide bonds. The molecule has 0 saturated heterocycles. The number of aromatic nitrogens is 2. The summed E-state index contributed by atoms with van der Waals surface area (Å²) in [7, 11) is 1.88. The third-order valence-corrected chi connectivity index (χ3v) is 1.57. The highest BCUT2D eigenvalue weighted by Gasteiger charge is 2.08. The van der Waals surface area contributed by atoms with Crippen LogP contribution in [0.15, 0.2) is 6.33 Å². The lowest BCUT2D eigenvalue weighted by molar-refractivity contribution is 0.190. The zero-order valence-electron chi connectivity index (χ0n) is 6.50. The van der Waals surface area contributed by atoms with E-state index in [1.54, 1.807) is 13.3 Å². The van der Waals surface area contributed by atoms with Crippen LogP contribution >= 0.6 is 0 Å². The molecule has 1 atom stereocenters. The Labute approximate surface area is 60.3 Å². The van der Waals surface area contributed by atoms with Crippen LogP contribution in [0.2, 0.25) is 0 Å². The molecule has 0 spiro atoms. The fourth-order valence-corrected chi connectivity index (χ4v) is 1.15. The average molecular weight is 140 g/mol. The number of aliphatic hydroxyl groups is 1. The molecule has 0 aliphatic rings. The van der Waals surface area contributed by atoms with Crippen LogP contribution in [0.4, 0.5) is 0 Å². The van der Waals surface area contributed by atoms with Gasteiger partial charge >= 0.3 is 0 Å². The van der Waals surface area contributed by atoms with Gasteiger partial charge in [0.1, 0.15) is 0 Å². The van der Waals surface area contributed by atoms with Crippen LogP contribution in [-0.4, -0.2) is 14.7 Å². The first kappa shape index (κ1) is 7.28. The predicted octanol–water partition coefficient (Wildman–Crippen LogP) is 0.782. The lowest BCUT2D eigenvalue weighted by atomic mass is 10.2. The Bertz CT molecular complexity index is 208. The maximum atomic E-state index is 9.21. The van der Waals surface area contributed by atoms with Gasteiger partial charge in [0.15, 0.2) is 0 Å². The lowest BCUT2D eigenvalue weighted by Gasteiger charge is -2.05. The summed E-state index contributed by atoms with van der Waals surface area (Å²) in [5.41, 5.74) is 1.79. The minimum absolute atomic E-state index is 0.424. The monoisotopic (exact) mass is 140 g/mol. The molecular formula is C7H12N2O. The van der Waals surface area contributed by atoms with Crippen LogP contribution in [0.25, 0.3) is 0 Å². The molecule has 1 rings (SSSR count). The molecule has 0 bridgehead atoms. The van der Waals surface area contributed by atoms with Crippen LogP contribution in [0.5, 0.6) is 0 Å². The van der Waals surface area contributed by atoms with Crippen LogP contribution in [0.1, 0.15) is 24.4 Å². The number of imidazole rings is 1. The van der Waals surface area contributed by atoms with Gasteiger partial charge in [0.05, 0.1) is 23.8 Å². The van der Waals surface area contributed by atoms with Crippen molar-refractivity contribution in [1.29, 1.82) is 0 Å². The summed E-state index contributed by atoms with van der Waals surface area (Å²) in [6.45, 7) is 3.63. The Morgan fingerprint density at radius 2 is 2.30 bits per heavy atom. The number of aryl methyl sites for hydroxylation is 2. The predicted molar refractivity (Wildman–Crippen MR) is 38.6 cm³/mol. The van der Waals surface area contributed by atoms with E-state index in [-0.39, 0.29) is 0 Å². The highest BCUT2D eigenvalue weighted by Crippen LogP contribution is 2.13. The molecule has 0 radical (unpaired) electrons. The van der Waals surface area contributed by atoms with Gasteiger partial charge in [-0.05, 0) is 13.8 Å². The van der Waals surface area contributed by atoms with Gasteiger partial charge in [0, 0.05) is 7.05 Å². The molecule has 0 fully saturated rings. The third-order valence-electron chi connectivity index (χ3n) is 1.57. The highest BCUT2D eigenvalue weighted by molar-refractivity contribution is 5.12. The Morgan fingerprint density at radius 3 is 2.50 bits per heavy atom. The quantitative estimate of drug-likeness (QED) is 0.626. The van der Waals surface area contributed by atoms with E-state index in [2.05, 4.69) is 4.98 Å². The summed E-state index contributed by atoms with van der Waals surface area (Å²) < 4.78 is 1.83. The summed E-state index contributed by atoms with van der Waals surface area (Å²) in [4.78, 5) is 4.04. The van der Waals surface area contributed by atoms with Gasteiger partial charge in [-0.1, -0.05) is 0 Å². The van der Waals surface area contributed by atoms with Gasteiger partial charge in [-0.25, -0.2) is 4.98 Å². The van der Waals surface area contributed by atoms with Gasteiger partial charge < -0.3 is 9.67 Å². The second-order valence-electron chi connectivity index (χ2n) is 2.50. The van der Waals surface area contributed by atoms with Gasteiger partial charge in [-0.15, -0.1) is 0 Å². The Morgan fingerprint density at radius 1 is 1.70 bits per heavy atom. The van der Waals surface area contributed by atoms with Crippen molar-refractivity contribution in [2.45, 2.75) is 20.0 Å². The molecule has 3 heteroatoms. The molecule has 0 aromatic carbocycles. The number of nitrogens with zero attached hydrogens (tertiary/aromatic N) is 2. The second-order valence-corrected chi connectivity index (χ2v) is 2.50. The van der Waals surface area contributed by atoms with E-state index in [4.69, 9.17) is 0 Å². The first-order valence-electron chi connectivity index (χ1n) is 3.29. The van der Waals surface area contributed by atoms with Gasteiger partial charge in [-0.2, -0.15) is 0 Å². The van der Waals surface area contributed by atoms with Crippen molar-refractivity contribution in [2.24, 2.45) is 7.05 Å². The van der Waals surface area contributed by atoms with E-state index < -0.39 is 6.10 Å². The van der Waals surface area contributed by atoms with Crippen molar-refractivity contribution >= 4 is 0 Å². The zero-order valence-corrected chi connectivity index (χ0v) is 6.50. The lowest BCUT2D eigenvalue weighted by Crippen LogP contribution is -2.00. The van der Waals surface area contributed by atoms with Crippen LogP contribution < -0.4 is 0 Å². The molecule has 1 aromatic heterocycles. The molecule has 56 valence electrons. The third kappa shape index (κ3) is 1.04.